The maximum Gasteiger partial charge on any atom is 0.335 e. The Morgan fingerprint density at radius 1 is 1.56 bits per heavy atom. The van der Waals surface area contributed by atoms with Gasteiger partial charge in [0.05, 0.1) is 23.3 Å². The highest BCUT2D eigenvalue weighted by molar-refractivity contribution is 7.99. The van der Waals surface area contributed by atoms with Crippen LogP contribution in [-0.4, -0.2) is 33.5 Å². The molecule has 0 aliphatic heterocycles. The molecule has 2 N–H and O–H groups in total. The lowest BCUT2D eigenvalue weighted by Crippen LogP contribution is -1.94. The van der Waals surface area contributed by atoms with E-state index in [-0.39, 0.29) is 5.56 Å². The van der Waals surface area contributed by atoms with E-state index in [1.807, 2.05) is 0 Å². The largest absolute Gasteiger partial charge is 0.478 e. The van der Waals surface area contributed by atoms with Gasteiger partial charge in [0, 0.05) is 5.75 Å². The first-order valence-electron chi connectivity index (χ1n) is 4.62. The van der Waals surface area contributed by atoms with Crippen molar-refractivity contribution in [3.05, 3.63) is 23.8 Å². The van der Waals surface area contributed by atoms with Crippen LogP contribution < -0.4 is 0 Å². The number of carboxylic acid groups (broad SMARTS) is 1. The second-order valence-corrected chi connectivity index (χ2v) is 4.20. The molecule has 2 aromatic rings. The third-order valence-electron chi connectivity index (χ3n) is 2.02. The molecule has 2 rings (SSSR count). The Labute approximate surface area is 94.9 Å². The highest BCUT2D eigenvalue weighted by Gasteiger charge is 2.07. The molecule has 0 saturated carbocycles. The third-order valence-corrected chi connectivity index (χ3v) is 2.85. The SMILES string of the molecule is O=C(O)c1ccc2nc(SCCF)[nH]c2c1. The smallest absolute Gasteiger partial charge is 0.335 e. The highest BCUT2D eigenvalue weighted by atomic mass is 32.2. The molecule has 84 valence electrons. The number of rotatable bonds is 4. The van der Waals surface area contributed by atoms with E-state index in [0.29, 0.717) is 21.9 Å². The first-order valence-corrected chi connectivity index (χ1v) is 5.61. The number of aromatic nitrogens is 2. The number of nitrogens with zero attached hydrogens (tertiary/aromatic N) is 1. The molecule has 0 saturated heterocycles. The number of imidazole rings is 1. The van der Waals surface area contributed by atoms with Crippen molar-refractivity contribution in [2.45, 2.75) is 5.16 Å². The van der Waals surface area contributed by atoms with Crippen molar-refractivity contribution in [1.29, 1.82) is 0 Å². The van der Waals surface area contributed by atoms with E-state index in [1.165, 1.54) is 23.9 Å². The van der Waals surface area contributed by atoms with Crippen LogP contribution in [0, 0.1) is 0 Å². The summed E-state index contributed by atoms with van der Waals surface area (Å²) in [5.41, 5.74) is 1.55. The minimum absolute atomic E-state index is 0.207. The average molecular weight is 240 g/mol. The molecule has 0 atom stereocenters. The summed E-state index contributed by atoms with van der Waals surface area (Å²) in [5, 5.41) is 9.41. The lowest BCUT2D eigenvalue weighted by Gasteiger charge is -1.92. The van der Waals surface area contributed by atoms with Crippen LogP contribution in [0.2, 0.25) is 0 Å². The molecule has 0 amide bonds. The average Bonchev–Trinajstić information content (AvgIpc) is 2.67. The summed E-state index contributed by atoms with van der Waals surface area (Å²) < 4.78 is 12.0. The number of hydrogen-bond donors (Lipinski definition) is 2. The molecule has 16 heavy (non-hydrogen) atoms. The Morgan fingerprint density at radius 3 is 3.06 bits per heavy atom. The summed E-state index contributed by atoms with van der Waals surface area (Å²) >= 11 is 1.27. The number of carbonyl (C=O) groups is 1. The van der Waals surface area contributed by atoms with E-state index in [1.54, 1.807) is 6.07 Å². The summed E-state index contributed by atoms with van der Waals surface area (Å²) in [4.78, 5) is 17.9. The quantitative estimate of drug-likeness (QED) is 0.805. The first kappa shape index (κ1) is 10.9. The van der Waals surface area contributed by atoms with E-state index in [0.717, 1.165) is 0 Å². The predicted molar refractivity (Wildman–Crippen MR) is 59.8 cm³/mol. The number of carboxylic acids is 1. The van der Waals surface area contributed by atoms with Gasteiger partial charge in [0.1, 0.15) is 0 Å². The van der Waals surface area contributed by atoms with Crippen molar-refractivity contribution < 1.29 is 14.3 Å². The van der Waals surface area contributed by atoms with E-state index in [9.17, 15) is 9.18 Å². The summed E-state index contributed by atoms with van der Waals surface area (Å²) in [6.45, 7) is -0.415. The van der Waals surface area contributed by atoms with Gasteiger partial charge in [-0.3, -0.25) is 4.39 Å². The molecule has 1 aromatic heterocycles. The van der Waals surface area contributed by atoms with Gasteiger partial charge in [-0.1, -0.05) is 11.8 Å². The van der Waals surface area contributed by atoms with Crippen molar-refractivity contribution in [3.63, 3.8) is 0 Å². The predicted octanol–water partition coefficient (Wildman–Crippen LogP) is 2.32. The minimum Gasteiger partial charge on any atom is -0.478 e. The van der Waals surface area contributed by atoms with Crippen molar-refractivity contribution in [2.75, 3.05) is 12.4 Å². The second kappa shape index (κ2) is 4.52. The molecule has 0 unspecified atom stereocenters. The fourth-order valence-electron chi connectivity index (χ4n) is 1.32. The molecule has 0 fully saturated rings. The zero-order valence-corrected chi connectivity index (χ0v) is 9.05. The number of alkyl halides is 1. The summed E-state index contributed by atoms with van der Waals surface area (Å²) in [7, 11) is 0. The minimum atomic E-state index is -0.977. The van der Waals surface area contributed by atoms with Crippen molar-refractivity contribution >= 4 is 28.8 Å². The Balaban J connectivity index is 2.34. The normalized spacial score (nSPS) is 10.8. The number of fused-ring (bicyclic) bond motifs is 1. The van der Waals surface area contributed by atoms with Gasteiger partial charge in [0.25, 0.3) is 0 Å². The van der Waals surface area contributed by atoms with Crippen LogP contribution in [0.1, 0.15) is 10.4 Å². The Kier molecular flexibility index (Phi) is 3.09. The van der Waals surface area contributed by atoms with E-state index >= 15 is 0 Å². The molecule has 6 heteroatoms. The van der Waals surface area contributed by atoms with Gasteiger partial charge in [-0.2, -0.15) is 0 Å². The number of benzene rings is 1. The third kappa shape index (κ3) is 2.16. The lowest BCUT2D eigenvalue weighted by atomic mass is 10.2. The number of hydrogen-bond acceptors (Lipinski definition) is 3. The van der Waals surface area contributed by atoms with Gasteiger partial charge in [0.2, 0.25) is 0 Å². The Bertz CT molecular complexity index is 527. The number of halogens is 1. The molecular formula is C10H9FN2O2S. The van der Waals surface area contributed by atoms with Crippen molar-refractivity contribution in [3.8, 4) is 0 Å². The number of H-pyrrole nitrogens is 1. The fourth-order valence-corrected chi connectivity index (χ4v) is 1.94. The topological polar surface area (TPSA) is 66.0 Å². The van der Waals surface area contributed by atoms with Crippen molar-refractivity contribution in [1.82, 2.24) is 9.97 Å². The molecule has 1 aromatic carbocycles. The first-order chi connectivity index (χ1) is 7.70. The van der Waals surface area contributed by atoms with Gasteiger partial charge in [-0.15, -0.1) is 0 Å². The lowest BCUT2D eigenvalue weighted by molar-refractivity contribution is 0.0697. The van der Waals surface area contributed by atoms with Crippen LogP contribution in [0.3, 0.4) is 0 Å². The number of aromatic amines is 1. The van der Waals surface area contributed by atoms with Gasteiger partial charge in [-0.05, 0) is 18.2 Å². The molecule has 1 heterocycles. The number of nitrogens with one attached hydrogen (secondary N) is 1. The fraction of sp³-hybridized carbons (Fsp3) is 0.200. The van der Waals surface area contributed by atoms with E-state index < -0.39 is 12.6 Å². The maximum absolute atomic E-state index is 12.0. The van der Waals surface area contributed by atoms with E-state index in [2.05, 4.69) is 9.97 Å². The maximum atomic E-state index is 12.0. The van der Waals surface area contributed by atoms with Gasteiger partial charge >= 0.3 is 5.97 Å². The molecule has 0 aliphatic carbocycles. The Morgan fingerprint density at radius 2 is 2.38 bits per heavy atom. The van der Waals surface area contributed by atoms with Crippen LogP contribution >= 0.6 is 11.8 Å². The summed E-state index contributed by atoms with van der Waals surface area (Å²) in [6, 6.07) is 4.65. The van der Waals surface area contributed by atoms with Gasteiger partial charge < -0.3 is 10.1 Å². The number of thioether (sulfide) groups is 1. The summed E-state index contributed by atoms with van der Waals surface area (Å²) in [5.74, 6) is -0.638. The van der Waals surface area contributed by atoms with Crippen LogP contribution in [0.15, 0.2) is 23.4 Å². The Hall–Kier alpha value is -1.56. The monoisotopic (exact) mass is 240 g/mol. The molecule has 0 aliphatic rings. The zero-order valence-electron chi connectivity index (χ0n) is 8.24. The standard InChI is InChI=1S/C10H9FN2O2S/c11-3-4-16-10-12-7-2-1-6(9(14)15)5-8(7)13-10/h1-2,5H,3-4H2,(H,12,13)(H,14,15). The highest BCUT2D eigenvalue weighted by Crippen LogP contribution is 2.20. The van der Waals surface area contributed by atoms with Gasteiger partial charge in [0.15, 0.2) is 5.16 Å². The second-order valence-electron chi connectivity index (χ2n) is 3.12. The van der Waals surface area contributed by atoms with Crippen molar-refractivity contribution in [2.24, 2.45) is 0 Å². The molecule has 0 bridgehead atoms. The van der Waals surface area contributed by atoms with Crippen LogP contribution in [-0.2, 0) is 0 Å². The molecular weight excluding hydrogens is 231 g/mol. The zero-order chi connectivity index (χ0) is 11.5. The summed E-state index contributed by atoms with van der Waals surface area (Å²) in [6.07, 6.45) is 0. The number of aromatic carboxylic acids is 1. The van der Waals surface area contributed by atoms with Crippen LogP contribution in [0.4, 0.5) is 4.39 Å². The molecule has 0 spiro atoms. The molecule has 4 nitrogen and oxygen atoms in total. The molecule has 0 radical (unpaired) electrons. The van der Waals surface area contributed by atoms with E-state index in [4.69, 9.17) is 5.11 Å². The van der Waals surface area contributed by atoms with Crippen LogP contribution in [0.25, 0.3) is 11.0 Å². The van der Waals surface area contributed by atoms with Gasteiger partial charge in [-0.25, -0.2) is 9.78 Å². The van der Waals surface area contributed by atoms with Crippen LogP contribution in [0.5, 0.6) is 0 Å².